The Morgan fingerprint density at radius 2 is 1.92 bits per heavy atom. The molecule has 2 aromatic carbocycles. The summed E-state index contributed by atoms with van der Waals surface area (Å²) in [6, 6.07) is 13.7. The molecular formula is C20H19BrFNO. The number of carbonyl (C=O) groups is 1. The van der Waals surface area contributed by atoms with Gasteiger partial charge in [-0.25, -0.2) is 4.39 Å². The molecule has 0 aliphatic heterocycles. The Morgan fingerprint density at radius 1 is 1.25 bits per heavy atom. The van der Waals surface area contributed by atoms with Crippen molar-refractivity contribution in [3.63, 3.8) is 0 Å². The van der Waals surface area contributed by atoms with Gasteiger partial charge in [0.15, 0.2) is 0 Å². The highest BCUT2D eigenvalue weighted by Gasteiger charge is 2.27. The molecule has 0 radical (unpaired) electrons. The van der Waals surface area contributed by atoms with Crippen LogP contribution in [-0.4, -0.2) is 10.8 Å². The lowest BCUT2D eigenvalue weighted by atomic mass is 10.0. The van der Waals surface area contributed by atoms with Crippen molar-refractivity contribution in [2.24, 2.45) is 0 Å². The molecule has 124 valence electrons. The number of hydrogen-bond donors (Lipinski definition) is 0. The van der Waals surface area contributed by atoms with Crippen molar-refractivity contribution >= 4 is 21.8 Å². The van der Waals surface area contributed by atoms with Crippen molar-refractivity contribution in [3.8, 4) is 0 Å². The summed E-state index contributed by atoms with van der Waals surface area (Å²) in [6.07, 6.45) is 1.58. The fourth-order valence-electron chi connectivity index (χ4n) is 2.52. The molecule has 0 aliphatic carbocycles. The molecule has 1 amide bonds. The van der Waals surface area contributed by atoms with Crippen LogP contribution in [0.15, 0.2) is 77.8 Å². The lowest BCUT2D eigenvalue weighted by Gasteiger charge is -2.31. The van der Waals surface area contributed by atoms with Crippen LogP contribution in [0, 0.1) is 5.82 Å². The average Bonchev–Trinajstić information content (AvgIpc) is 2.57. The fraction of sp³-hybridized carbons (Fsp3) is 0.150. The Bertz CT molecular complexity index is 737. The highest BCUT2D eigenvalue weighted by Crippen LogP contribution is 2.33. The maximum atomic E-state index is 14.4. The third-order valence-corrected chi connectivity index (χ3v) is 4.37. The van der Waals surface area contributed by atoms with Crippen LogP contribution in [0.2, 0.25) is 0 Å². The minimum Gasteiger partial charge on any atom is -0.324 e. The molecule has 0 saturated heterocycles. The molecule has 2 rings (SSSR count). The molecule has 1 atom stereocenters. The van der Waals surface area contributed by atoms with Crippen LogP contribution < -0.4 is 0 Å². The quantitative estimate of drug-likeness (QED) is 0.478. The van der Waals surface area contributed by atoms with E-state index in [-0.39, 0.29) is 11.7 Å². The van der Waals surface area contributed by atoms with Crippen molar-refractivity contribution in [1.29, 1.82) is 0 Å². The van der Waals surface area contributed by atoms with Gasteiger partial charge in [-0.3, -0.25) is 4.79 Å². The van der Waals surface area contributed by atoms with Crippen molar-refractivity contribution in [3.05, 3.63) is 94.8 Å². The standard InChI is InChI=1S/C20H19BrFNO/c1-4-18(19-16(21)11-8-12-17(19)22)23(20(24)14(2)3)13-15-9-6-5-7-10-15/h4-12,18H,1-2,13H2,3H3. The van der Waals surface area contributed by atoms with E-state index in [4.69, 9.17) is 0 Å². The van der Waals surface area contributed by atoms with Crippen LogP contribution in [-0.2, 0) is 11.3 Å². The predicted molar refractivity (Wildman–Crippen MR) is 98.8 cm³/mol. The molecule has 0 bridgehead atoms. The second kappa shape index (κ2) is 8.06. The third kappa shape index (κ3) is 4.01. The molecule has 0 aromatic heterocycles. The van der Waals surface area contributed by atoms with Crippen LogP contribution in [0.25, 0.3) is 0 Å². The summed E-state index contributed by atoms with van der Waals surface area (Å²) in [6.45, 7) is 9.54. The summed E-state index contributed by atoms with van der Waals surface area (Å²) >= 11 is 3.38. The first-order chi connectivity index (χ1) is 11.5. The smallest absolute Gasteiger partial charge is 0.249 e. The van der Waals surface area contributed by atoms with E-state index >= 15 is 0 Å². The number of amides is 1. The summed E-state index contributed by atoms with van der Waals surface area (Å²) in [5, 5.41) is 0. The zero-order valence-electron chi connectivity index (χ0n) is 13.5. The van der Waals surface area contributed by atoms with E-state index in [9.17, 15) is 9.18 Å². The topological polar surface area (TPSA) is 20.3 Å². The van der Waals surface area contributed by atoms with E-state index in [2.05, 4.69) is 29.1 Å². The maximum Gasteiger partial charge on any atom is 0.249 e. The number of carbonyl (C=O) groups excluding carboxylic acids is 1. The molecule has 0 fully saturated rings. The first-order valence-electron chi connectivity index (χ1n) is 7.52. The Morgan fingerprint density at radius 3 is 2.46 bits per heavy atom. The second-order valence-electron chi connectivity index (χ2n) is 5.51. The second-order valence-corrected chi connectivity index (χ2v) is 6.37. The minimum absolute atomic E-state index is 0.237. The molecule has 2 aromatic rings. The largest absolute Gasteiger partial charge is 0.324 e. The zero-order valence-corrected chi connectivity index (χ0v) is 15.1. The van der Waals surface area contributed by atoms with Crippen LogP contribution in [0.1, 0.15) is 24.1 Å². The first-order valence-corrected chi connectivity index (χ1v) is 8.32. The summed E-state index contributed by atoms with van der Waals surface area (Å²) in [4.78, 5) is 14.3. The van der Waals surface area contributed by atoms with Crippen LogP contribution in [0.3, 0.4) is 0 Å². The van der Waals surface area contributed by atoms with E-state index in [0.717, 1.165) is 5.56 Å². The predicted octanol–water partition coefficient (Wildman–Crippen LogP) is 5.42. The van der Waals surface area contributed by atoms with Gasteiger partial charge in [0, 0.05) is 22.2 Å². The monoisotopic (exact) mass is 387 g/mol. The summed E-state index contributed by atoms with van der Waals surface area (Å²) in [5.41, 5.74) is 1.73. The average molecular weight is 388 g/mol. The lowest BCUT2D eigenvalue weighted by molar-refractivity contribution is -0.129. The summed E-state index contributed by atoms with van der Waals surface area (Å²) in [5.74, 6) is -0.624. The molecule has 2 nitrogen and oxygen atoms in total. The molecule has 1 unspecified atom stereocenters. The molecule has 24 heavy (non-hydrogen) atoms. The fourth-order valence-corrected chi connectivity index (χ4v) is 3.09. The first kappa shape index (κ1) is 18.1. The van der Waals surface area contributed by atoms with E-state index in [1.54, 1.807) is 30.0 Å². The Hall–Kier alpha value is -2.20. The van der Waals surface area contributed by atoms with E-state index in [0.29, 0.717) is 22.2 Å². The van der Waals surface area contributed by atoms with Gasteiger partial charge in [-0.05, 0) is 24.6 Å². The van der Waals surface area contributed by atoms with Gasteiger partial charge < -0.3 is 4.90 Å². The van der Waals surface area contributed by atoms with E-state index < -0.39 is 6.04 Å². The van der Waals surface area contributed by atoms with Gasteiger partial charge in [-0.15, -0.1) is 6.58 Å². The summed E-state index contributed by atoms with van der Waals surface area (Å²) < 4.78 is 15.0. The van der Waals surface area contributed by atoms with Gasteiger partial charge in [-0.1, -0.05) is 65.0 Å². The lowest BCUT2D eigenvalue weighted by Crippen LogP contribution is -2.34. The van der Waals surface area contributed by atoms with Gasteiger partial charge >= 0.3 is 0 Å². The van der Waals surface area contributed by atoms with Crippen molar-refractivity contribution in [1.82, 2.24) is 4.90 Å². The molecule has 0 N–H and O–H groups in total. The van der Waals surface area contributed by atoms with Crippen molar-refractivity contribution in [2.75, 3.05) is 0 Å². The van der Waals surface area contributed by atoms with Crippen LogP contribution in [0.5, 0.6) is 0 Å². The van der Waals surface area contributed by atoms with Gasteiger partial charge in [0.25, 0.3) is 0 Å². The highest BCUT2D eigenvalue weighted by atomic mass is 79.9. The summed E-state index contributed by atoms with van der Waals surface area (Å²) in [7, 11) is 0. The maximum absolute atomic E-state index is 14.4. The van der Waals surface area contributed by atoms with Gasteiger partial charge in [0.05, 0.1) is 6.04 Å². The number of rotatable bonds is 6. The van der Waals surface area contributed by atoms with Gasteiger partial charge in [0.1, 0.15) is 5.82 Å². The molecule has 0 heterocycles. The van der Waals surface area contributed by atoms with Gasteiger partial charge in [-0.2, -0.15) is 0 Å². The Labute approximate surface area is 150 Å². The Balaban J connectivity index is 2.49. The minimum atomic E-state index is -0.606. The molecule has 0 spiro atoms. The van der Waals surface area contributed by atoms with E-state index in [1.165, 1.54) is 6.07 Å². The van der Waals surface area contributed by atoms with Crippen LogP contribution in [0.4, 0.5) is 4.39 Å². The Kier molecular flexibility index (Phi) is 6.10. The molecular weight excluding hydrogens is 369 g/mol. The van der Waals surface area contributed by atoms with Crippen molar-refractivity contribution in [2.45, 2.75) is 19.5 Å². The zero-order chi connectivity index (χ0) is 17.7. The number of nitrogens with zero attached hydrogens (tertiary/aromatic N) is 1. The van der Waals surface area contributed by atoms with E-state index in [1.807, 2.05) is 30.3 Å². The molecule has 4 heteroatoms. The molecule has 0 aliphatic rings. The normalized spacial score (nSPS) is 11.6. The SMILES string of the molecule is C=CC(c1c(F)cccc1Br)N(Cc1ccccc1)C(=O)C(=C)C. The number of hydrogen-bond acceptors (Lipinski definition) is 1. The number of benzene rings is 2. The third-order valence-electron chi connectivity index (χ3n) is 3.68. The van der Waals surface area contributed by atoms with Crippen molar-refractivity contribution < 1.29 is 9.18 Å². The van der Waals surface area contributed by atoms with Gasteiger partial charge in [0.2, 0.25) is 5.91 Å². The highest BCUT2D eigenvalue weighted by molar-refractivity contribution is 9.10. The van der Waals surface area contributed by atoms with Crippen LogP contribution >= 0.6 is 15.9 Å². The molecule has 0 saturated carbocycles. The number of halogens is 2.